The number of nitrogens with one attached hydrogen (secondary N) is 1. The molecule has 2 rings (SSSR count). The standard InChI is InChI=1S/C17H26N2O4/c1-12(2)23-14-5-3-4-13(10-14)15(20)11-19-16(21)17(18)6-8-22-9-7-17/h3-5,10,12,15,20H,6-9,11,18H2,1-2H3,(H,19,21). The molecule has 1 aliphatic heterocycles. The topological polar surface area (TPSA) is 93.8 Å². The van der Waals surface area contributed by atoms with Gasteiger partial charge in [-0.2, -0.15) is 0 Å². The van der Waals surface area contributed by atoms with Gasteiger partial charge in [-0.05, 0) is 44.4 Å². The largest absolute Gasteiger partial charge is 0.491 e. The first-order chi connectivity index (χ1) is 10.9. The molecule has 6 nitrogen and oxygen atoms in total. The number of hydrogen-bond donors (Lipinski definition) is 3. The van der Waals surface area contributed by atoms with Gasteiger partial charge in [0.25, 0.3) is 0 Å². The van der Waals surface area contributed by atoms with Crippen molar-refractivity contribution in [1.82, 2.24) is 5.32 Å². The molecule has 1 amide bonds. The lowest BCUT2D eigenvalue weighted by Crippen LogP contribution is -2.57. The highest BCUT2D eigenvalue weighted by Gasteiger charge is 2.35. The third-order valence-corrected chi connectivity index (χ3v) is 3.91. The number of nitrogens with two attached hydrogens (primary N) is 1. The number of ether oxygens (including phenoxy) is 2. The van der Waals surface area contributed by atoms with E-state index in [2.05, 4.69) is 5.32 Å². The fourth-order valence-electron chi connectivity index (χ4n) is 2.51. The molecule has 1 saturated heterocycles. The highest BCUT2D eigenvalue weighted by molar-refractivity contribution is 5.86. The molecule has 0 aliphatic carbocycles. The molecule has 0 saturated carbocycles. The van der Waals surface area contributed by atoms with E-state index in [1.54, 1.807) is 12.1 Å². The fourth-order valence-corrected chi connectivity index (χ4v) is 2.51. The van der Waals surface area contributed by atoms with Crippen molar-refractivity contribution in [2.24, 2.45) is 5.73 Å². The molecule has 1 heterocycles. The molecule has 6 heteroatoms. The van der Waals surface area contributed by atoms with Gasteiger partial charge >= 0.3 is 0 Å². The van der Waals surface area contributed by atoms with Crippen LogP contribution in [0.1, 0.15) is 38.4 Å². The molecule has 128 valence electrons. The quantitative estimate of drug-likeness (QED) is 0.730. The summed E-state index contributed by atoms with van der Waals surface area (Å²) in [6, 6.07) is 7.24. The van der Waals surface area contributed by atoms with E-state index in [-0.39, 0.29) is 18.6 Å². The molecule has 0 aromatic heterocycles. The molecule has 23 heavy (non-hydrogen) atoms. The minimum absolute atomic E-state index is 0.0627. The Labute approximate surface area is 137 Å². The van der Waals surface area contributed by atoms with Gasteiger partial charge in [-0.25, -0.2) is 0 Å². The highest BCUT2D eigenvalue weighted by Crippen LogP contribution is 2.21. The van der Waals surface area contributed by atoms with Crippen molar-refractivity contribution in [2.45, 2.75) is 44.4 Å². The monoisotopic (exact) mass is 322 g/mol. The summed E-state index contributed by atoms with van der Waals surface area (Å²) in [6.45, 7) is 4.97. The number of hydrogen-bond acceptors (Lipinski definition) is 5. The van der Waals surface area contributed by atoms with Crippen molar-refractivity contribution in [2.75, 3.05) is 19.8 Å². The Hall–Kier alpha value is -1.63. The summed E-state index contributed by atoms with van der Waals surface area (Å²) in [6.07, 6.45) is 0.241. The second-order valence-electron chi connectivity index (χ2n) is 6.23. The number of benzene rings is 1. The van der Waals surface area contributed by atoms with Gasteiger partial charge in [-0.3, -0.25) is 4.79 Å². The average molecular weight is 322 g/mol. The zero-order chi connectivity index (χ0) is 16.9. The molecule has 1 fully saturated rings. The van der Waals surface area contributed by atoms with E-state index in [4.69, 9.17) is 15.2 Å². The Morgan fingerprint density at radius 3 is 2.78 bits per heavy atom. The van der Waals surface area contributed by atoms with Gasteiger partial charge in [-0.15, -0.1) is 0 Å². The van der Waals surface area contributed by atoms with Crippen LogP contribution >= 0.6 is 0 Å². The van der Waals surface area contributed by atoms with E-state index in [0.717, 1.165) is 0 Å². The Morgan fingerprint density at radius 2 is 2.13 bits per heavy atom. The van der Waals surface area contributed by atoms with Crippen molar-refractivity contribution < 1.29 is 19.4 Å². The van der Waals surface area contributed by atoms with Crippen LogP contribution in [0, 0.1) is 0 Å². The van der Waals surface area contributed by atoms with E-state index >= 15 is 0 Å². The lowest BCUT2D eigenvalue weighted by molar-refractivity contribution is -0.130. The molecule has 4 N–H and O–H groups in total. The summed E-state index contributed by atoms with van der Waals surface area (Å²) in [5.41, 5.74) is 5.91. The summed E-state index contributed by atoms with van der Waals surface area (Å²) in [4.78, 5) is 12.2. The van der Waals surface area contributed by atoms with Crippen LogP contribution in [0.3, 0.4) is 0 Å². The molecule has 0 bridgehead atoms. The zero-order valence-electron chi connectivity index (χ0n) is 13.7. The number of aliphatic hydroxyl groups is 1. The van der Waals surface area contributed by atoms with Crippen LogP contribution in [0.15, 0.2) is 24.3 Å². The van der Waals surface area contributed by atoms with Gasteiger partial charge in [0.15, 0.2) is 0 Å². The normalized spacial score (nSPS) is 18.5. The maximum absolute atomic E-state index is 12.2. The third-order valence-electron chi connectivity index (χ3n) is 3.91. The van der Waals surface area contributed by atoms with E-state index in [1.165, 1.54) is 0 Å². The molecule has 1 aliphatic rings. The Balaban J connectivity index is 1.91. The molecule has 1 atom stereocenters. The minimum atomic E-state index is -0.902. The van der Waals surface area contributed by atoms with Crippen molar-refractivity contribution in [1.29, 1.82) is 0 Å². The first-order valence-electron chi connectivity index (χ1n) is 8.00. The zero-order valence-corrected chi connectivity index (χ0v) is 13.7. The molecule has 0 radical (unpaired) electrons. The summed E-state index contributed by atoms with van der Waals surface area (Å²) < 4.78 is 10.8. The number of rotatable bonds is 6. The highest BCUT2D eigenvalue weighted by atomic mass is 16.5. The number of amides is 1. The summed E-state index contributed by atoms with van der Waals surface area (Å²) >= 11 is 0. The van der Waals surface area contributed by atoms with Crippen LogP contribution in [0.25, 0.3) is 0 Å². The number of carbonyl (C=O) groups excluding carboxylic acids is 1. The molecule has 1 unspecified atom stereocenters. The van der Waals surface area contributed by atoms with Gasteiger partial charge in [0, 0.05) is 19.8 Å². The second-order valence-corrected chi connectivity index (χ2v) is 6.23. The first-order valence-corrected chi connectivity index (χ1v) is 8.00. The molecule has 1 aromatic carbocycles. The van der Waals surface area contributed by atoms with E-state index < -0.39 is 11.6 Å². The molecule has 1 aromatic rings. The van der Waals surface area contributed by atoms with Crippen LogP contribution in [-0.4, -0.2) is 42.4 Å². The Kier molecular flexibility index (Phi) is 5.98. The fraction of sp³-hybridized carbons (Fsp3) is 0.588. The number of aliphatic hydroxyl groups excluding tert-OH is 1. The Morgan fingerprint density at radius 1 is 1.43 bits per heavy atom. The van der Waals surface area contributed by atoms with Gasteiger partial charge < -0.3 is 25.6 Å². The van der Waals surface area contributed by atoms with Crippen molar-refractivity contribution >= 4 is 5.91 Å². The van der Waals surface area contributed by atoms with Crippen LogP contribution in [0.4, 0.5) is 0 Å². The van der Waals surface area contributed by atoms with Crippen molar-refractivity contribution in [3.05, 3.63) is 29.8 Å². The van der Waals surface area contributed by atoms with Gasteiger partial charge in [0.05, 0.1) is 17.7 Å². The second kappa shape index (κ2) is 7.77. The van der Waals surface area contributed by atoms with Crippen LogP contribution in [0.2, 0.25) is 0 Å². The van der Waals surface area contributed by atoms with Gasteiger partial charge in [0.1, 0.15) is 5.75 Å². The first kappa shape index (κ1) is 17.7. The van der Waals surface area contributed by atoms with Crippen molar-refractivity contribution in [3.63, 3.8) is 0 Å². The predicted octanol–water partition coefficient (Wildman–Crippen LogP) is 1.13. The smallest absolute Gasteiger partial charge is 0.240 e. The maximum Gasteiger partial charge on any atom is 0.240 e. The van der Waals surface area contributed by atoms with Crippen LogP contribution in [-0.2, 0) is 9.53 Å². The summed E-state index contributed by atoms with van der Waals surface area (Å²) in [7, 11) is 0. The van der Waals surface area contributed by atoms with E-state index in [1.807, 2.05) is 26.0 Å². The van der Waals surface area contributed by atoms with E-state index in [9.17, 15) is 9.90 Å². The minimum Gasteiger partial charge on any atom is -0.491 e. The van der Waals surface area contributed by atoms with Crippen molar-refractivity contribution in [3.8, 4) is 5.75 Å². The van der Waals surface area contributed by atoms with Crippen LogP contribution < -0.4 is 15.8 Å². The summed E-state index contributed by atoms with van der Waals surface area (Å²) in [5.74, 6) is 0.456. The third kappa shape index (κ3) is 4.92. The average Bonchev–Trinajstić information content (AvgIpc) is 2.52. The van der Waals surface area contributed by atoms with Gasteiger partial charge in [-0.1, -0.05) is 12.1 Å². The predicted molar refractivity (Wildman–Crippen MR) is 87.1 cm³/mol. The molecular weight excluding hydrogens is 296 g/mol. The molecular formula is C17H26N2O4. The molecule has 0 spiro atoms. The number of carbonyl (C=O) groups is 1. The van der Waals surface area contributed by atoms with E-state index in [0.29, 0.717) is 37.4 Å². The maximum atomic E-state index is 12.2. The SMILES string of the molecule is CC(C)Oc1cccc(C(O)CNC(=O)C2(N)CCOCC2)c1. The lowest BCUT2D eigenvalue weighted by Gasteiger charge is -2.32. The Bertz CT molecular complexity index is 527. The van der Waals surface area contributed by atoms with Crippen LogP contribution in [0.5, 0.6) is 5.75 Å². The van der Waals surface area contributed by atoms with Gasteiger partial charge in [0.2, 0.25) is 5.91 Å². The lowest BCUT2D eigenvalue weighted by atomic mass is 9.90. The summed E-state index contributed by atoms with van der Waals surface area (Å²) in [5, 5.41) is 13.0.